The average molecular weight is 291 g/mol. The van der Waals surface area contributed by atoms with Crippen LogP contribution in [-0.2, 0) is 9.53 Å². The fourth-order valence-electron chi connectivity index (χ4n) is 3.35. The van der Waals surface area contributed by atoms with Crippen molar-refractivity contribution in [3.63, 3.8) is 0 Å². The van der Waals surface area contributed by atoms with Crippen molar-refractivity contribution >= 4 is 18.1 Å². The molecule has 0 spiro atoms. The van der Waals surface area contributed by atoms with Gasteiger partial charge in [-0.15, -0.1) is 0 Å². The number of anilines is 1. The van der Waals surface area contributed by atoms with Crippen LogP contribution in [0.1, 0.15) is 36.2 Å². The van der Waals surface area contributed by atoms with E-state index in [1.807, 2.05) is 0 Å². The van der Waals surface area contributed by atoms with Crippen molar-refractivity contribution in [2.24, 2.45) is 0 Å². The van der Waals surface area contributed by atoms with Gasteiger partial charge >= 0.3 is 5.97 Å². The minimum Gasteiger partial charge on any atom is -0.480 e. The highest BCUT2D eigenvalue weighted by Gasteiger charge is 2.42. The number of hydrogen-bond acceptors (Lipinski definition) is 6. The first kappa shape index (κ1) is 13.9. The summed E-state index contributed by atoms with van der Waals surface area (Å²) in [5, 5.41) is 8.69. The number of aldehydes is 1. The van der Waals surface area contributed by atoms with E-state index in [-0.39, 0.29) is 12.7 Å². The lowest BCUT2D eigenvalue weighted by molar-refractivity contribution is -0.145. The van der Waals surface area contributed by atoms with Crippen molar-refractivity contribution in [3.8, 4) is 0 Å². The minimum atomic E-state index is -0.930. The molecule has 3 heterocycles. The standard InChI is InChI=1S/C14H17N3O4/c18-7-9-5-16-13(6-15-9)17-10-1-2-11(17)4-12(3-10)21-8-14(19)20/h5-7,10-12H,1-4,8H2,(H,19,20)/t10-,11+,12-. The molecular formula is C14H17N3O4. The number of piperidine rings is 1. The van der Waals surface area contributed by atoms with E-state index in [1.54, 1.807) is 6.20 Å². The second kappa shape index (κ2) is 5.77. The van der Waals surface area contributed by atoms with Gasteiger partial charge in [0.05, 0.1) is 18.5 Å². The van der Waals surface area contributed by atoms with E-state index in [0.717, 1.165) is 31.5 Å². The molecule has 2 aliphatic heterocycles. The zero-order valence-corrected chi connectivity index (χ0v) is 11.5. The van der Waals surface area contributed by atoms with Crippen LogP contribution in [0.5, 0.6) is 0 Å². The van der Waals surface area contributed by atoms with Crippen LogP contribution in [0.3, 0.4) is 0 Å². The molecule has 0 radical (unpaired) electrons. The van der Waals surface area contributed by atoms with Gasteiger partial charge in [-0.2, -0.15) is 0 Å². The van der Waals surface area contributed by atoms with E-state index in [1.165, 1.54) is 6.20 Å². The molecule has 0 saturated carbocycles. The van der Waals surface area contributed by atoms with Crippen LogP contribution < -0.4 is 4.90 Å². The third-order valence-corrected chi connectivity index (χ3v) is 4.18. The van der Waals surface area contributed by atoms with Gasteiger partial charge in [0.1, 0.15) is 18.1 Å². The number of aromatic nitrogens is 2. The number of carboxylic acid groups (broad SMARTS) is 1. The van der Waals surface area contributed by atoms with Gasteiger partial charge < -0.3 is 14.7 Å². The monoisotopic (exact) mass is 291 g/mol. The van der Waals surface area contributed by atoms with Crippen molar-refractivity contribution in [3.05, 3.63) is 18.1 Å². The van der Waals surface area contributed by atoms with Gasteiger partial charge in [0.15, 0.2) is 6.29 Å². The summed E-state index contributed by atoms with van der Waals surface area (Å²) in [5.74, 6) is -0.148. The average Bonchev–Trinajstić information content (AvgIpc) is 2.76. The number of ether oxygens (including phenoxy) is 1. The van der Waals surface area contributed by atoms with Gasteiger partial charge in [-0.3, -0.25) is 4.79 Å². The molecule has 3 atom stereocenters. The van der Waals surface area contributed by atoms with Gasteiger partial charge in [-0.05, 0) is 25.7 Å². The Bertz CT molecular complexity index is 520. The Kier molecular flexibility index (Phi) is 3.83. The topological polar surface area (TPSA) is 92.6 Å². The lowest BCUT2D eigenvalue weighted by atomic mass is 10.00. The van der Waals surface area contributed by atoms with Gasteiger partial charge in [0, 0.05) is 12.1 Å². The maximum atomic E-state index is 10.6. The summed E-state index contributed by atoms with van der Waals surface area (Å²) in [6, 6.07) is 0.609. The minimum absolute atomic E-state index is 0.00272. The molecule has 2 aliphatic rings. The van der Waals surface area contributed by atoms with E-state index in [2.05, 4.69) is 14.9 Å². The molecular weight excluding hydrogens is 274 g/mol. The first-order chi connectivity index (χ1) is 10.2. The summed E-state index contributed by atoms with van der Waals surface area (Å²) in [4.78, 5) is 31.8. The Morgan fingerprint density at radius 2 is 2.05 bits per heavy atom. The lowest BCUT2D eigenvalue weighted by Gasteiger charge is -2.39. The maximum absolute atomic E-state index is 10.6. The van der Waals surface area contributed by atoms with Crippen molar-refractivity contribution in [1.82, 2.24) is 9.97 Å². The Balaban J connectivity index is 1.69. The van der Waals surface area contributed by atoms with Crippen molar-refractivity contribution in [2.75, 3.05) is 11.5 Å². The third kappa shape index (κ3) is 2.87. The summed E-state index contributed by atoms with van der Waals surface area (Å²) in [7, 11) is 0. The van der Waals surface area contributed by atoms with Crippen LogP contribution in [0, 0.1) is 0 Å². The number of rotatable bonds is 5. The molecule has 7 nitrogen and oxygen atoms in total. The van der Waals surface area contributed by atoms with Crippen LogP contribution >= 0.6 is 0 Å². The van der Waals surface area contributed by atoms with Crippen LogP contribution in [0.2, 0.25) is 0 Å². The van der Waals surface area contributed by atoms with Crippen LogP contribution in [-0.4, -0.2) is 52.1 Å². The van der Waals surface area contributed by atoms with Gasteiger partial charge in [-0.25, -0.2) is 14.8 Å². The second-order valence-electron chi connectivity index (χ2n) is 5.51. The summed E-state index contributed by atoms with van der Waals surface area (Å²) < 4.78 is 5.44. The van der Waals surface area contributed by atoms with E-state index >= 15 is 0 Å². The van der Waals surface area contributed by atoms with Crippen LogP contribution in [0.15, 0.2) is 12.4 Å². The zero-order valence-electron chi connectivity index (χ0n) is 11.5. The number of hydrogen-bond donors (Lipinski definition) is 1. The molecule has 2 bridgehead atoms. The molecule has 21 heavy (non-hydrogen) atoms. The number of carbonyl (C=O) groups excluding carboxylic acids is 1. The van der Waals surface area contributed by atoms with Crippen molar-refractivity contribution in [1.29, 1.82) is 0 Å². The molecule has 7 heteroatoms. The molecule has 1 N–H and O–H groups in total. The zero-order chi connectivity index (χ0) is 14.8. The molecule has 1 aromatic heterocycles. The highest BCUT2D eigenvalue weighted by molar-refractivity contribution is 5.71. The maximum Gasteiger partial charge on any atom is 0.329 e. The van der Waals surface area contributed by atoms with Gasteiger partial charge in [0.25, 0.3) is 0 Å². The van der Waals surface area contributed by atoms with E-state index in [4.69, 9.17) is 9.84 Å². The summed E-state index contributed by atoms with van der Waals surface area (Å²) in [6.07, 6.45) is 7.50. The van der Waals surface area contributed by atoms with Gasteiger partial charge in [0.2, 0.25) is 0 Å². The molecule has 0 unspecified atom stereocenters. The van der Waals surface area contributed by atoms with Crippen LogP contribution in [0.25, 0.3) is 0 Å². The van der Waals surface area contributed by atoms with E-state index in [9.17, 15) is 9.59 Å². The summed E-state index contributed by atoms with van der Waals surface area (Å²) >= 11 is 0. The number of aliphatic carboxylic acids is 1. The summed E-state index contributed by atoms with van der Waals surface area (Å²) in [5.41, 5.74) is 0.325. The first-order valence-corrected chi connectivity index (χ1v) is 7.06. The molecule has 3 rings (SSSR count). The number of carbonyl (C=O) groups is 2. The molecule has 1 aromatic rings. The number of carboxylic acids is 1. The highest BCUT2D eigenvalue weighted by atomic mass is 16.5. The fourth-order valence-corrected chi connectivity index (χ4v) is 3.35. The van der Waals surface area contributed by atoms with Crippen molar-refractivity contribution in [2.45, 2.75) is 43.9 Å². The molecule has 112 valence electrons. The van der Waals surface area contributed by atoms with E-state index in [0.29, 0.717) is 24.1 Å². The second-order valence-corrected chi connectivity index (χ2v) is 5.51. The molecule has 2 saturated heterocycles. The fraction of sp³-hybridized carbons (Fsp3) is 0.571. The smallest absolute Gasteiger partial charge is 0.329 e. The predicted octanol–water partition coefficient (Wildman–Crippen LogP) is 0.890. The van der Waals surface area contributed by atoms with Crippen molar-refractivity contribution < 1.29 is 19.4 Å². The normalized spacial score (nSPS) is 27.6. The predicted molar refractivity (Wildman–Crippen MR) is 73.3 cm³/mol. The molecule has 2 fully saturated rings. The largest absolute Gasteiger partial charge is 0.480 e. The highest BCUT2D eigenvalue weighted by Crippen LogP contribution is 2.39. The number of nitrogens with zero attached hydrogens (tertiary/aromatic N) is 3. The Morgan fingerprint density at radius 1 is 1.33 bits per heavy atom. The lowest BCUT2D eigenvalue weighted by Crippen LogP contribution is -2.46. The molecule has 0 aromatic carbocycles. The number of fused-ring (bicyclic) bond motifs is 2. The Morgan fingerprint density at radius 3 is 2.57 bits per heavy atom. The Hall–Kier alpha value is -2.02. The van der Waals surface area contributed by atoms with E-state index < -0.39 is 5.97 Å². The molecule has 0 aliphatic carbocycles. The first-order valence-electron chi connectivity index (χ1n) is 7.06. The van der Waals surface area contributed by atoms with Crippen LogP contribution in [0.4, 0.5) is 5.82 Å². The quantitative estimate of drug-likeness (QED) is 0.805. The van der Waals surface area contributed by atoms with Gasteiger partial charge in [-0.1, -0.05) is 0 Å². The Labute approximate surface area is 121 Å². The molecule has 0 amide bonds. The summed E-state index contributed by atoms with van der Waals surface area (Å²) in [6.45, 7) is -0.238. The SMILES string of the molecule is O=Cc1cnc(N2[C@@H]3CC[C@H]2C[C@H](OCC(=O)O)C3)cn1. The third-order valence-electron chi connectivity index (χ3n) is 4.18.